The molecule has 1 aromatic carbocycles. The Morgan fingerprint density at radius 3 is 2.74 bits per heavy atom. The molecular formula is C15H16Cl2N4O2. The Balaban J connectivity index is 1.55. The first-order chi connectivity index (χ1) is 10.9. The minimum atomic E-state index is -0.642. The van der Waals surface area contributed by atoms with Crippen molar-refractivity contribution in [3.8, 4) is 0 Å². The van der Waals surface area contributed by atoms with Crippen molar-refractivity contribution < 1.29 is 9.90 Å². The highest BCUT2D eigenvalue weighted by atomic mass is 35.5. The number of carbonyl (C=O) groups excluding carboxylic acids is 1. The third-order valence-corrected chi connectivity index (χ3v) is 4.62. The Morgan fingerprint density at radius 1 is 1.39 bits per heavy atom. The molecule has 122 valence electrons. The van der Waals surface area contributed by atoms with Crippen LogP contribution in [-0.2, 0) is 11.2 Å². The average molecular weight is 355 g/mol. The van der Waals surface area contributed by atoms with Crippen LogP contribution in [0.25, 0.3) is 0 Å². The average Bonchev–Trinajstić information content (AvgIpc) is 2.91. The van der Waals surface area contributed by atoms with E-state index in [0.717, 1.165) is 5.56 Å². The van der Waals surface area contributed by atoms with Gasteiger partial charge in [0, 0.05) is 13.1 Å². The smallest absolute Gasteiger partial charge is 0.227 e. The van der Waals surface area contributed by atoms with Crippen molar-refractivity contribution in [1.82, 2.24) is 19.9 Å². The quantitative estimate of drug-likeness (QED) is 0.913. The second-order valence-electron chi connectivity index (χ2n) is 5.68. The molecule has 2 aromatic rings. The van der Waals surface area contributed by atoms with E-state index in [1.807, 2.05) is 0 Å². The van der Waals surface area contributed by atoms with Crippen LogP contribution < -0.4 is 0 Å². The molecule has 0 spiro atoms. The van der Waals surface area contributed by atoms with E-state index in [1.54, 1.807) is 40.9 Å². The van der Waals surface area contributed by atoms with E-state index in [-0.39, 0.29) is 11.9 Å². The van der Waals surface area contributed by atoms with E-state index in [4.69, 9.17) is 23.2 Å². The zero-order valence-electron chi connectivity index (χ0n) is 12.5. The van der Waals surface area contributed by atoms with Crippen LogP contribution in [-0.4, -0.2) is 44.0 Å². The second kappa shape index (κ2) is 6.47. The predicted molar refractivity (Wildman–Crippen MR) is 86.4 cm³/mol. The lowest BCUT2D eigenvalue weighted by Gasteiger charge is -2.39. The fourth-order valence-corrected chi connectivity index (χ4v) is 2.74. The van der Waals surface area contributed by atoms with Crippen LogP contribution in [0.5, 0.6) is 0 Å². The largest absolute Gasteiger partial charge is 0.387 e. The Labute approximate surface area is 143 Å². The Morgan fingerprint density at radius 2 is 2.13 bits per heavy atom. The minimum Gasteiger partial charge on any atom is -0.387 e. The molecule has 1 aromatic heterocycles. The van der Waals surface area contributed by atoms with Crippen LogP contribution in [0.4, 0.5) is 0 Å². The summed E-state index contributed by atoms with van der Waals surface area (Å²) in [7, 11) is 0. The number of aliphatic hydroxyl groups excluding tert-OH is 1. The van der Waals surface area contributed by atoms with E-state index in [2.05, 4.69) is 10.3 Å². The molecule has 8 heteroatoms. The molecule has 1 unspecified atom stereocenters. The first kappa shape index (κ1) is 16.2. The maximum atomic E-state index is 12.2. The molecule has 1 atom stereocenters. The Kier molecular flexibility index (Phi) is 4.57. The molecule has 0 aliphatic carbocycles. The van der Waals surface area contributed by atoms with Gasteiger partial charge in [0.05, 0.1) is 34.8 Å². The summed E-state index contributed by atoms with van der Waals surface area (Å²) in [6.07, 6.45) is 1.37. The lowest BCUT2D eigenvalue weighted by Crippen LogP contribution is -2.51. The van der Waals surface area contributed by atoms with E-state index >= 15 is 0 Å². The summed E-state index contributed by atoms with van der Waals surface area (Å²) in [4.78, 5) is 14.0. The van der Waals surface area contributed by atoms with Crippen molar-refractivity contribution in [2.24, 2.45) is 0 Å². The molecule has 1 fully saturated rings. The zero-order valence-corrected chi connectivity index (χ0v) is 14.0. The molecule has 0 bridgehead atoms. The lowest BCUT2D eigenvalue weighted by atomic mass is 10.1. The highest BCUT2D eigenvalue weighted by Gasteiger charge is 2.32. The van der Waals surface area contributed by atoms with Crippen molar-refractivity contribution >= 4 is 29.1 Å². The van der Waals surface area contributed by atoms with Gasteiger partial charge < -0.3 is 10.0 Å². The number of likely N-dealkylation sites (tertiary alicyclic amines) is 1. The molecule has 2 heterocycles. The van der Waals surface area contributed by atoms with Gasteiger partial charge in [0.25, 0.3) is 0 Å². The maximum Gasteiger partial charge on any atom is 0.227 e. The number of hydrogen-bond donors (Lipinski definition) is 1. The number of hydrogen-bond acceptors (Lipinski definition) is 4. The summed E-state index contributed by atoms with van der Waals surface area (Å²) in [5.41, 5.74) is 1.37. The van der Waals surface area contributed by atoms with Crippen molar-refractivity contribution in [2.75, 3.05) is 13.1 Å². The number of amides is 1. The van der Waals surface area contributed by atoms with E-state index in [1.165, 1.54) is 0 Å². The van der Waals surface area contributed by atoms with Gasteiger partial charge in [-0.3, -0.25) is 4.79 Å². The van der Waals surface area contributed by atoms with Crippen LogP contribution in [0.3, 0.4) is 0 Å². The van der Waals surface area contributed by atoms with Gasteiger partial charge in [-0.1, -0.05) is 34.5 Å². The summed E-state index contributed by atoms with van der Waals surface area (Å²) < 4.78 is 1.70. The fourth-order valence-electron chi connectivity index (χ4n) is 2.42. The lowest BCUT2D eigenvalue weighted by molar-refractivity contribution is -0.136. The molecule has 6 nitrogen and oxygen atoms in total. The molecule has 1 saturated heterocycles. The Bertz CT molecular complexity index is 726. The number of aromatic nitrogens is 3. The molecule has 1 amide bonds. The normalized spacial score (nSPS) is 16.3. The number of aliphatic hydroxyl groups is 1. The predicted octanol–water partition coefficient (Wildman–Crippen LogP) is 2.26. The van der Waals surface area contributed by atoms with Gasteiger partial charge in [-0.25, -0.2) is 4.68 Å². The number of halogens is 2. The van der Waals surface area contributed by atoms with Gasteiger partial charge in [0.1, 0.15) is 5.69 Å². The number of nitrogens with zero attached hydrogens (tertiary/aromatic N) is 4. The van der Waals surface area contributed by atoms with Gasteiger partial charge in [0.15, 0.2) is 0 Å². The molecule has 1 N–H and O–H groups in total. The van der Waals surface area contributed by atoms with Gasteiger partial charge in [-0.05, 0) is 24.6 Å². The van der Waals surface area contributed by atoms with E-state index in [9.17, 15) is 9.90 Å². The van der Waals surface area contributed by atoms with Crippen LogP contribution >= 0.6 is 23.2 Å². The SMILES string of the molecule is CC(O)c1cn(C2CN(C(=O)Cc3ccc(Cl)c(Cl)c3)C2)nn1. The van der Waals surface area contributed by atoms with Gasteiger partial charge in [-0.2, -0.15) is 0 Å². The number of benzene rings is 1. The summed E-state index contributed by atoms with van der Waals surface area (Å²) in [5.74, 6) is 0.0375. The topological polar surface area (TPSA) is 71.2 Å². The first-order valence-electron chi connectivity index (χ1n) is 7.25. The van der Waals surface area contributed by atoms with Crippen molar-refractivity contribution in [3.05, 3.63) is 45.7 Å². The minimum absolute atomic E-state index is 0.0375. The standard InChI is InChI=1S/C15H16Cl2N4O2/c1-9(22)14-8-21(19-18-14)11-6-20(7-11)15(23)5-10-2-3-12(16)13(17)4-10/h2-4,8-9,11,22H,5-7H2,1H3. The third-order valence-electron chi connectivity index (χ3n) is 3.88. The molecule has 3 rings (SSSR count). The summed E-state index contributed by atoms with van der Waals surface area (Å²) in [6.45, 7) is 2.81. The summed E-state index contributed by atoms with van der Waals surface area (Å²) in [6, 6.07) is 5.31. The monoisotopic (exact) mass is 354 g/mol. The Hall–Kier alpha value is -1.63. The highest BCUT2D eigenvalue weighted by molar-refractivity contribution is 6.42. The van der Waals surface area contributed by atoms with Gasteiger partial charge in [-0.15, -0.1) is 5.10 Å². The molecule has 1 aliphatic heterocycles. The first-order valence-corrected chi connectivity index (χ1v) is 8.01. The van der Waals surface area contributed by atoms with E-state index in [0.29, 0.717) is 35.2 Å². The highest BCUT2D eigenvalue weighted by Crippen LogP contribution is 2.25. The van der Waals surface area contributed by atoms with Crippen LogP contribution in [0, 0.1) is 0 Å². The van der Waals surface area contributed by atoms with Crippen LogP contribution in [0.2, 0.25) is 10.0 Å². The zero-order chi connectivity index (χ0) is 16.6. The van der Waals surface area contributed by atoms with Gasteiger partial charge in [0.2, 0.25) is 5.91 Å². The summed E-state index contributed by atoms with van der Waals surface area (Å²) >= 11 is 11.8. The molecular weight excluding hydrogens is 339 g/mol. The maximum absolute atomic E-state index is 12.2. The van der Waals surface area contributed by atoms with Crippen molar-refractivity contribution in [2.45, 2.75) is 25.5 Å². The van der Waals surface area contributed by atoms with Crippen molar-refractivity contribution in [3.63, 3.8) is 0 Å². The van der Waals surface area contributed by atoms with Gasteiger partial charge >= 0.3 is 0 Å². The molecule has 0 radical (unpaired) electrons. The van der Waals surface area contributed by atoms with Crippen LogP contribution in [0.15, 0.2) is 24.4 Å². The number of carbonyl (C=O) groups is 1. The number of rotatable bonds is 4. The third kappa shape index (κ3) is 3.49. The second-order valence-corrected chi connectivity index (χ2v) is 6.49. The van der Waals surface area contributed by atoms with Crippen LogP contribution in [0.1, 0.15) is 30.3 Å². The molecule has 23 heavy (non-hydrogen) atoms. The van der Waals surface area contributed by atoms with Crippen molar-refractivity contribution in [1.29, 1.82) is 0 Å². The fraction of sp³-hybridized carbons (Fsp3) is 0.400. The van der Waals surface area contributed by atoms with E-state index < -0.39 is 6.10 Å². The molecule has 1 aliphatic rings. The molecule has 0 saturated carbocycles. The summed E-state index contributed by atoms with van der Waals surface area (Å²) in [5, 5.41) is 18.3.